The number of thiocarbonyl (C=S) groups is 1. The first-order chi connectivity index (χ1) is 12.9. The highest BCUT2D eigenvalue weighted by atomic mass is 32.1. The lowest BCUT2D eigenvalue weighted by atomic mass is 9.99. The molecule has 0 aliphatic rings. The fraction of sp³-hybridized carbons (Fsp3) is 0.364. The van der Waals surface area contributed by atoms with Crippen molar-refractivity contribution in [1.29, 1.82) is 0 Å². The molecule has 0 heterocycles. The molecule has 0 aromatic heterocycles. The highest BCUT2D eigenvalue weighted by molar-refractivity contribution is 7.80. The summed E-state index contributed by atoms with van der Waals surface area (Å²) in [4.78, 5) is 12.1. The van der Waals surface area contributed by atoms with Crippen molar-refractivity contribution in [2.75, 3.05) is 11.9 Å². The molecule has 0 radical (unpaired) electrons. The van der Waals surface area contributed by atoms with Crippen LogP contribution in [0.4, 0.5) is 5.69 Å². The second-order valence-corrected chi connectivity index (χ2v) is 7.01. The minimum Gasteiger partial charge on any atom is -0.462 e. The number of nitrogens with one attached hydrogen (secondary N) is 2. The van der Waals surface area contributed by atoms with Crippen molar-refractivity contribution in [3.63, 3.8) is 0 Å². The Bertz CT molecular complexity index is 833. The number of hydrogen-bond donors (Lipinski definition) is 2. The Balaban J connectivity index is 2.13. The van der Waals surface area contributed by atoms with Crippen LogP contribution in [-0.2, 0) is 4.74 Å². The number of hydrogen-bond acceptors (Lipinski definition) is 3. The Morgan fingerprint density at radius 3 is 2.48 bits per heavy atom. The van der Waals surface area contributed by atoms with Gasteiger partial charge in [-0.25, -0.2) is 4.79 Å². The van der Waals surface area contributed by atoms with Crippen molar-refractivity contribution >= 4 is 29.0 Å². The predicted molar refractivity (Wildman–Crippen MR) is 115 cm³/mol. The van der Waals surface area contributed by atoms with E-state index in [1.165, 1.54) is 16.7 Å². The van der Waals surface area contributed by atoms with Gasteiger partial charge in [-0.3, -0.25) is 0 Å². The molecule has 0 aliphatic heterocycles. The van der Waals surface area contributed by atoms with Gasteiger partial charge in [-0.15, -0.1) is 0 Å². The first-order valence-corrected chi connectivity index (χ1v) is 9.69. The lowest BCUT2D eigenvalue weighted by Crippen LogP contribution is -2.32. The number of benzene rings is 2. The van der Waals surface area contributed by atoms with Crippen molar-refractivity contribution < 1.29 is 9.53 Å². The Labute approximate surface area is 167 Å². The summed E-state index contributed by atoms with van der Waals surface area (Å²) in [6.45, 7) is 10.4. The standard InChI is InChI=1S/C22H28N2O2S/c1-6-19(17-12-11-14(3)15(4)13-17)23-22(27)24-20-10-8-9-18(16(20)5)21(25)26-7-2/h8-13,19H,6-7H2,1-5H3,(H2,23,24,27)/t19-/m0/s1. The van der Waals surface area contributed by atoms with Crippen LogP contribution < -0.4 is 10.6 Å². The summed E-state index contributed by atoms with van der Waals surface area (Å²) < 4.78 is 5.11. The van der Waals surface area contributed by atoms with E-state index in [-0.39, 0.29) is 12.0 Å². The zero-order valence-electron chi connectivity index (χ0n) is 16.7. The Hall–Kier alpha value is -2.40. The lowest BCUT2D eigenvalue weighted by molar-refractivity contribution is 0.0525. The predicted octanol–water partition coefficient (Wildman–Crippen LogP) is 5.23. The van der Waals surface area contributed by atoms with Crippen molar-refractivity contribution in [1.82, 2.24) is 5.32 Å². The molecule has 0 amide bonds. The van der Waals surface area contributed by atoms with E-state index in [0.717, 1.165) is 17.7 Å². The molecule has 0 fully saturated rings. The zero-order valence-corrected chi connectivity index (χ0v) is 17.5. The van der Waals surface area contributed by atoms with Gasteiger partial charge in [0.1, 0.15) is 0 Å². The summed E-state index contributed by atoms with van der Waals surface area (Å²) in [7, 11) is 0. The number of ether oxygens (including phenoxy) is 1. The quantitative estimate of drug-likeness (QED) is 0.528. The average Bonchev–Trinajstić information content (AvgIpc) is 2.64. The number of rotatable bonds is 6. The topological polar surface area (TPSA) is 50.4 Å². The van der Waals surface area contributed by atoms with Gasteiger partial charge in [0.05, 0.1) is 18.2 Å². The van der Waals surface area contributed by atoms with Crippen LogP contribution in [-0.4, -0.2) is 17.7 Å². The molecule has 0 saturated heterocycles. The number of anilines is 1. The zero-order chi connectivity index (χ0) is 20.0. The summed E-state index contributed by atoms with van der Waals surface area (Å²) in [6.07, 6.45) is 0.909. The van der Waals surface area contributed by atoms with Crippen molar-refractivity contribution in [2.45, 2.75) is 47.1 Å². The molecule has 2 N–H and O–H groups in total. The van der Waals surface area contributed by atoms with Gasteiger partial charge in [0, 0.05) is 5.69 Å². The van der Waals surface area contributed by atoms with E-state index in [2.05, 4.69) is 49.6 Å². The molecular formula is C22H28N2O2S. The molecule has 0 aliphatic carbocycles. The maximum atomic E-state index is 12.1. The van der Waals surface area contributed by atoms with Crippen LogP contribution in [0.15, 0.2) is 36.4 Å². The summed E-state index contributed by atoms with van der Waals surface area (Å²) in [6, 6.07) is 12.1. The minimum absolute atomic E-state index is 0.123. The summed E-state index contributed by atoms with van der Waals surface area (Å²) in [5.41, 5.74) is 5.92. The minimum atomic E-state index is -0.320. The molecule has 4 nitrogen and oxygen atoms in total. The second kappa shape index (κ2) is 9.51. The van der Waals surface area contributed by atoms with Crippen molar-refractivity contribution in [3.05, 3.63) is 64.2 Å². The van der Waals surface area contributed by atoms with Crippen LogP contribution in [0.1, 0.15) is 58.9 Å². The maximum Gasteiger partial charge on any atom is 0.338 e. The number of carbonyl (C=O) groups is 1. The smallest absolute Gasteiger partial charge is 0.338 e. The maximum absolute atomic E-state index is 12.1. The van der Waals surface area contributed by atoms with Gasteiger partial charge < -0.3 is 15.4 Å². The molecule has 0 bridgehead atoms. The molecule has 144 valence electrons. The molecule has 5 heteroatoms. The van der Waals surface area contributed by atoms with Crippen molar-refractivity contribution in [3.8, 4) is 0 Å². The molecule has 0 saturated carbocycles. The fourth-order valence-corrected chi connectivity index (χ4v) is 3.17. The molecular weight excluding hydrogens is 356 g/mol. The van der Waals surface area contributed by atoms with Gasteiger partial charge in [-0.2, -0.15) is 0 Å². The van der Waals surface area contributed by atoms with Crippen LogP contribution in [0, 0.1) is 20.8 Å². The molecule has 2 aromatic carbocycles. The molecule has 27 heavy (non-hydrogen) atoms. The molecule has 1 atom stereocenters. The van der Waals surface area contributed by atoms with E-state index in [1.807, 2.05) is 19.1 Å². The normalized spacial score (nSPS) is 11.6. The van der Waals surface area contributed by atoms with Crippen LogP contribution in [0.5, 0.6) is 0 Å². The van der Waals surface area contributed by atoms with Gasteiger partial charge in [-0.1, -0.05) is 31.2 Å². The van der Waals surface area contributed by atoms with Gasteiger partial charge in [-0.05, 0) is 80.7 Å². The third-order valence-corrected chi connectivity index (χ3v) is 4.94. The van der Waals surface area contributed by atoms with E-state index >= 15 is 0 Å². The fourth-order valence-electron chi connectivity index (χ4n) is 2.92. The third-order valence-electron chi connectivity index (χ3n) is 4.72. The summed E-state index contributed by atoms with van der Waals surface area (Å²) in [5, 5.41) is 7.14. The van der Waals surface area contributed by atoms with Crippen LogP contribution in [0.25, 0.3) is 0 Å². The van der Waals surface area contributed by atoms with E-state index < -0.39 is 0 Å². The first kappa shape index (κ1) is 20.9. The monoisotopic (exact) mass is 384 g/mol. The van der Waals surface area contributed by atoms with Gasteiger partial charge in [0.2, 0.25) is 0 Å². The molecule has 2 rings (SSSR count). The average molecular weight is 385 g/mol. The number of carbonyl (C=O) groups excluding carboxylic acids is 1. The van der Waals surface area contributed by atoms with Crippen LogP contribution in [0.2, 0.25) is 0 Å². The second-order valence-electron chi connectivity index (χ2n) is 6.60. The molecule has 2 aromatic rings. The number of esters is 1. The largest absolute Gasteiger partial charge is 0.462 e. The van der Waals surface area contributed by atoms with Gasteiger partial charge in [0.15, 0.2) is 5.11 Å². The van der Waals surface area contributed by atoms with E-state index in [4.69, 9.17) is 17.0 Å². The van der Waals surface area contributed by atoms with Gasteiger partial charge in [0.25, 0.3) is 0 Å². The van der Waals surface area contributed by atoms with E-state index in [9.17, 15) is 4.79 Å². The Morgan fingerprint density at radius 1 is 1.11 bits per heavy atom. The molecule has 0 spiro atoms. The third kappa shape index (κ3) is 5.30. The molecule has 0 unspecified atom stereocenters. The SMILES string of the molecule is CCOC(=O)c1cccc(NC(=S)N[C@@H](CC)c2ccc(C)c(C)c2)c1C. The van der Waals surface area contributed by atoms with E-state index in [1.54, 1.807) is 13.0 Å². The summed E-state index contributed by atoms with van der Waals surface area (Å²) in [5.74, 6) is -0.320. The number of aryl methyl sites for hydroxylation is 2. The van der Waals surface area contributed by atoms with Crippen LogP contribution in [0.3, 0.4) is 0 Å². The summed E-state index contributed by atoms with van der Waals surface area (Å²) >= 11 is 5.52. The first-order valence-electron chi connectivity index (χ1n) is 9.28. The Kier molecular flexibility index (Phi) is 7.36. The highest BCUT2D eigenvalue weighted by Gasteiger charge is 2.15. The van der Waals surface area contributed by atoms with Gasteiger partial charge >= 0.3 is 5.97 Å². The van der Waals surface area contributed by atoms with Crippen LogP contribution >= 0.6 is 12.2 Å². The lowest BCUT2D eigenvalue weighted by Gasteiger charge is -2.22. The van der Waals surface area contributed by atoms with Crippen molar-refractivity contribution in [2.24, 2.45) is 0 Å². The Morgan fingerprint density at radius 2 is 1.85 bits per heavy atom. The van der Waals surface area contributed by atoms with E-state index in [0.29, 0.717) is 17.3 Å². The highest BCUT2D eigenvalue weighted by Crippen LogP contribution is 2.22.